The van der Waals surface area contributed by atoms with Crippen molar-refractivity contribution in [2.24, 2.45) is 0 Å². The third-order valence-electron chi connectivity index (χ3n) is 6.88. The molecule has 204 valence electrons. The van der Waals surface area contributed by atoms with Gasteiger partial charge in [0, 0.05) is 51.4 Å². The number of benzene rings is 1. The summed E-state index contributed by atoms with van der Waals surface area (Å²) in [6, 6.07) is 6.08. The van der Waals surface area contributed by atoms with Gasteiger partial charge in [0.2, 0.25) is 0 Å². The Morgan fingerprint density at radius 1 is 1.03 bits per heavy atom. The van der Waals surface area contributed by atoms with Crippen LogP contribution in [0.25, 0.3) is 5.57 Å². The van der Waals surface area contributed by atoms with Gasteiger partial charge in [-0.05, 0) is 60.9 Å². The average Bonchev–Trinajstić information content (AvgIpc) is 3.48. The molecule has 0 spiro atoms. The highest BCUT2D eigenvalue weighted by atomic mass is 19.4. The molecular formula is C27H32F3N5O3. The monoisotopic (exact) mass is 531 g/mol. The zero-order valence-corrected chi connectivity index (χ0v) is 21.6. The van der Waals surface area contributed by atoms with E-state index in [4.69, 9.17) is 9.32 Å². The molecule has 0 saturated carbocycles. The van der Waals surface area contributed by atoms with Gasteiger partial charge >= 0.3 is 6.36 Å². The lowest BCUT2D eigenvalue weighted by Crippen LogP contribution is -2.44. The molecule has 0 bridgehead atoms. The fourth-order valence-electron chi connectivity index (χ4n) is 4.92. The molecule has 8 nitrogen and oxygen atoms in total. The molecule has 5 rings (SSSR count). The van der Waals surface area contributed by atoms with Crippen LogP contribution < -0.4 is 4.74 Å². The smallest absolute Gasteiger partial charge is 0.406 e. The number of aromatic nitrogens is 2. The molecule has 1 fully saturated rings. The minimum atomic E-state index is -4.68. The molecule has 0 atom stereocenters. The number of allylic oxidation sites excluding steroid dienone is 3. The molecule has 1 saturated heterocycles. The Morgan fingerprint density at radius 2 is 1.74 bits per heavy atom. The molecule has 3 heterocycles. The van der Waals surface area contributed by atoms with Gasteiger partial charge in [0.05, 0.1) is 6.54 Å². The summed E-state index contributed by atoms with van der Waals surface area (Å²) in [6.45, 7) is 11.1. The van der Waals surface area contributed by atoms with Gasteiger partial charge < -0.3 is 19.0 Å². The number of ether oxygens (including phenoxy) is 1. The van der Waals surface area contributed by atoms with Gasteiger partial charge in [0.1, 0.15) is 12.5 Å². The molecule has 2 aromatic rings. The first-order chi connectivity index (χ1) is 18.2. The fraction of sp³-hybridized carbons (Fsp3) is 0.444. The predicted octanol–water partition coefficient (Wildman–Crippen LogP) is 4.08. The van der Waals surface area contributed by atoms with Gasteiger partial charge in [0.25, 0.3) is 5.89 Å². The van der Waals surface area contributed by atoms with Crippen LogP contribution >= 0.6 is 0 Å². The van der Waals surface area contributed by atoms with Gasteiger partial charge in [0.15, 0.2) is 5.82 Å². The average molecular weight is 532 g/mol. The summed E-state index contributed by atoms with van der Waals surface area (Å²) in [5, 5.41) is 4.21. The number of carbonyl (C=O) groups is 1. The largest absolute Gasteiger partial charge is 0.573 e. The number of hydrogen-bond acceptors (Lipinski definition) is 8. The van der Waals surface area contributed by atoms with Crippen molar-refractivity contribution in [3.8, 4) is 5.75 Å². The quantitative estimate of drug-likeness (QED) is 0.552. The van der Waals surface area contributed by atoms with Crippen molar-refractivity contribution >= 4 is 12.4 Å². The number of rotatable bonds is 6. The maximum absolute atomic E-state index is 12.4. The normalized spacial score (nSPS) is 19.3. The van der Waals surface area contributed by atoms with Gasteiger partial charge in [-0.1, -0.05) is 23.4 Å². The number of piperazine rings is 1. The van der Waals surface area contributed by atoms with Crippen molar-refractivity contribution in [2.75, 3.05) is 46.3 Å². The lowest BCUT2D eigenvalue weighted by Gasteiger charge is -2.31. The molecule has 1 aliphatic carbocycles. The Bertz CT molecular complexity index is 1200. The Labute approximate surface area is 220 Å². The lowest BCUT2D eigenvalue weighted by atomic mass is 10.0. The van der Waals surface area contributed by atoms with E-state index >= 15 is 0 Å². The first-order valence-electron chi connectivity index (χ1n) is 12.4. The van der Waals surface area contributed by atoms with Crippen LogP contribution in [0.5, 0.6) is 5.75 Å². The van der Waals surface area contributed by atoms with Crippen molar-refractivity contribution in [3.05, 3.63) is 70.4 Å². The van der Waals surface area contributed by atoms with E-state index in [2.05, 4.69) is 55.7 Å². The van der Waals surface area contributed by atoms with E-state index in [-0.39, 0.29) is 5.75 Å². The zero-order valence-electron chi connectivity index (χ0n) is 21.6. The van der Waals surface area contributed by atoms with Gasteiger partial charge in [-0.3, -0.25) is 9.80 Å². The van der Waals surface area contributed by atoms with E-state index in [1.807, 2.05) is 6.79 Å². The first kappa shape index (κ1) is 27.7. The maximum Gasteiger partial charge on any atom is 0.573 e. The highest BCUT2D eigenvalue weighted by Crippen LogP contribution is 2.33. The second-order valence-corrected chi connectivity index (χ2v) is 9.71. The predicted molar refractivity (Wildman–Crippen MR) is 136 cm³/mol. The number of alkyl halides is 3. The van der Waals surface area contributed by atoms with Crippen molar-refractivity contribution in [2.45, 2.75) is 32.8 Å². The molecule has 1 aromatic carbocycles. The molecule has 0 unspecified atom stereocenters. The Morgan fingerprint density at radius 3 is 2.42 bits per heavy atom. The molecule has 1 aromatic heterocycles. The zero-order chi connectivity index (χ0) is 27.3. The van der Waals surface area contributed by atoms with Crippen LogP contribution in [0.15, 0.2) is 57.7 Å². The van der Waals surface area contributed by atoms with E-state index in [1.165, 1.54) is 28.9 Å². The number of hydrogen-bond donors (Lipinski definition) is 0. The first-order valence-corrected chi connectivity index (χ1v) is 12.4. The van der Waals surface area contributed by atoms with Crippen LogP contribution in [0.2, 0.25) is 0 Å². The summed E-state index contributed by atoms with van der Waals surface area (Å²) in [6.07, 6.45) is 0.374. The third-order valence-corrected chi connectivity index (χ3v) is 6.88. The van der Waals surface area contributed by atoms with Crippen LogP contribution in [-0.2, 0) is 17.9 Å². The number of likely N-dealkylation sites (N-methyl/N-ethyl adjacent to an activating group) is 1. The minimum Gasteiger partial charge on any atom is -0.406 e. The van der Waals surface area contributed by atoms with Crippen LogP contribution in [0.4, 0.5) is 13.2 Å². The van der Waals surface area contributed by atoms with Crippen molar-refractivity contribution in [1.82, 2.24) is 24.8 Å². The van der Waals surface area contributed by atoms with Crippen molar-refractivity contribution in [1.29, 1.82) is 0 Å². The standard InChI is InChI=1S/C26H30F3N5O2.CH2O/c1-18-13-20(25-30-24(31-36-25)17-33-11-9-32(2)10-12-33)5-6-21-15-34(16-23(18)21)14-19-3-7-22(8-4-19)35-26(27,28)29;1-2/h3-5,7-8,13H,6,9-12,14-17H2,1-2H3;1H2. The number of carbonyl (C=O) groups excluding carboxylic acids is 1. The van der Waals surface area contributed by atoms with Crippen LogP contribution in [0, 0.1) is 0 Å². The summed E-state index contributed by atoms with van der Waals surface area (Å²) >= 11 is 0. The summed E-state index contributed by atoms with van der Waals surface area (Å²) in [7, 11) is 2.13. The minimum absolute atomic E-state index is 0.203. The molecule has 0 N–H and O–H groups in total. The van der Waals surface area contributed by atoms with Gasteiger partial charge in [-0.15, -0.1) is 13.2 Å². The van der Waals surface area contributed by atoms with Crippen molar-refractivity contribution < 1.29 is 27.2 Å². The molecule has 0 radical (unpaired) electrons. The fourth-order valence-corrected chi connectivity index (χ4v) is 4.92. The molecule has 0 amide bonds. The molecule has 2 aliphatic heterocycles. The van der Waals surface area contributed by atoms with Crippen LogP contribution in [0.3, 0.4) is 0 Å². The van der Waals surface area contributed by atoms with Crippen LogP contribution in [-0.4, -0.2) is 84.3 Å². The lowest BCUT2D eigenvalue weighted by molar-refractivity contribution is -0.274. The van der Waals surface area contributed by atoms with Crippen molar-refractivity contribution in [3.63, 3.8) is 0 Å². The van der Waals surface area contributed by atoms with E-state index < -0.39 is 6.36 Å². The summed E-state index contributed by atoms with van der Waals surface area (Å²) < 4.78 is 46.7. The molecule has 11 heteroatoms. The van der Waals surface area contributed by atoms with Crippen LogP contribution in [0.1, 0.15) is 30.6 Å². The van der Waals surface area contributed by atoms with E-state index in [1.54, 1.807) is 12.1 Å². The number of nitrogens with zero attached hydrogens (tertiary/aromatic N) is 5. The van der Waals surface area contributed by atoms with E-state index in [9.17, 15) is 13.2 Å². The topological polar surface area (TPSA) is 74.9 Å². The highest BCUT2D eigenvalue weighted by Gasteiger charge is 2.31. The molecular weight excluding hydrogens is 499 g/mol. The van der Waals surface area contributed by atoms with Gasteiger partial charge in [-0.2, -0.15) is 4.98 Å². The summed E-state index contributed by atoms with van der Waals surface area (Å²) in [4.78, 5) is 19.6. The summed E-state index contributed by atoms with van der Waals surface area (Å²) in [5.41, 5.74) is 5.71. The van der Waals surface area contributed by atoms with E-state index in [0.717, 1.165) is 56.8 Å². The Hall–Kier alpha value is -3.28. The van der Waals surface area contributed by atoms with E-state index in [0.29, 0.717) is 24.8 Å². The maximum atomic E-state index is 12.4. The summed E-state index contributed by atoms with van der Waals surface area (Å²) in [5.74, 6) is 1.06. The second-order valence-electron chi connectivity index (χ2n) is 9.71. The Balaban J connectivity index is 0.00000164. The highest BCUT2D eigenvalue weighted by molar-refractivity contribution is 5.72. The number of halogens is 3. The Kier molecular flexibility index (Phi) is 8.80. The molecule has 3 aliphatic rings. The third kappa shape index (κ3) is 7.18. The SMILES string of the molecule is C=O.CC1=CC(c2nc(CN3CCN(C)CC3)no2)=CCC2=C1CN(Cc1ccc(OC(F)(F)F)cc1)C2. The van der Waals surface area contributed by atoms with Gasteiger partial charge in [-0.25, -0.2) is 0 Å². The molecule has 38 heavy (non-hydrogen) atoms. The second kappa shape index (κ2) is 12.1.